The first-order valence-corrected chi connectivity index (χ1v) is 8.53. The summed E-state index contributed by atoms with van der Waals surface area (Å²) in [7, 11) is 0. The van der Waals surface area contributed by atoms with Crippen LogP contribution in [-0.4, -0.2) is 4.92 Å². The molecule has 7 heteroatoms. The van der Waals surface area contributed by atoms with Crippen molar-refractivity contribution in [1.29, 1.82) is 0 Å². The molecule has 0 aliphatic rings. The fourth-order valence-corrected chi connectivity index (χ4v) is 2.68. The second-order valence-corrected chi connectivity index (χ2v) is 6.24. The minimum atomic E-state index is -0.436. The summed E-state index contributed by atoms with van der Waals surface area (Å²) < 4.78 is 18.6. The Balaban J connectivity index is 1.57. The zero-order valence-electron chi connectivity index (χ0n) is 14.2. The van der Waals surface area contributed by atoms with E-state index in [1.54, 1.807) is 36.4 Å². The molecule has 0 amide bonds. The summed E-state index contributed by atoms with van der Waals surface area (Å²) in [6, 6.07) is 17.7. The van der Waals surface area contributed by atoms with Gasteiger partial charge >= 0.3 is 0 Å². The number of nitrogens with one attached hydrogen (secondary N) is 1. The van der Waals surface area contributed by atoms with Gasteiger partial charge in [0.25, 0.3) is 5.69 Å². The fourth-order valence-electron chi connectivity index (χ4n) is 2.42. The number of nitrogens with zero attached hydrogens (tertiary/aromatic N) is 1. The molecule has 0 heterocycles. The predicted molar refractivity (Wildman–Crippen MR) is 103 cm³/mol. The highest BCUT2D eigenvalue weighted by atomic mass is 35.5. The van der Waals surface area contributed by atoms with Crippen LogP contribution in [0.15, 0.2) is 66.7 Å². The van der Waals surface area contributed by atoms with E-state index >= 15 is 0 Å². The van der Waals surface area contributed by atoms with Crippen molar-refractivity contribution >= 4 is 23.0 Å². The van der Waals surface area contributed by atoms with Crippen molar-refractivity contribution < 1.29 is 14.1 Å². The summed E-state index contributed by atoms with van der Waals surface area (Å²) in [5.74, 6) is 0.252. The third kappa shape index (κ3) is 5.18. The summed E-state index contributed by atoms with van der Waals surface area (Å²) >= 11 is 6.27. The molecular weight excluding hydrogens is 371 g/mol. The maximum absolute atomic E-state index is 12.9. The smallest absolute Gasteiger partial charge is 0.269 e. The van der Waals surface area contributed by atoms with Crippen LogP contribution < -0.4 is 10.1 Å². The number of nitro benzene ring substituents is 1. The van der Waals surface area contributed by atoms with Gasteiger partial charge in [-0.1, -0.05) is 29.8 Å². The second kappa shape index (κ2) is 8.51. The third-order valence-electron chi connectivity index (χ3n) is 3.88. The normalized spacial score (nSPS) is 10.4. The third-order valence-corrected chi connectivity index (χ3v) is 4.17. The fraction of sp³-hybridized carbons (Fsp3) is 0.100. The Hall–Kier alpha value is -3.12. The largest absolute Gasteiger partial charge is 0.487 e. The van der Waals surface area contributed by atoms with E-state index in [1.165, 1.54) is 24.3 Å². The lowest BCUT2D eigenvalue weighted by Crippen LogP contribution is -2.01. The number of nitro groups is 1. The van der Waals surface area contributed by atoms with Crippen molar-refractivity contribution in [3.8, 4) is 5.75 Å². The Morgan fingerprint density at radius 1 is 1.00 bits per heavy atom. The quantitative estimate of drug-likeness (QED) is 0.425. The molecule has 0 atom stereocenters. The maximum Gasteiger partial charge on any atom is 0.269 e. The van der Waals surface area contributed by atoms with Gasteiger partial charge in [-0.05, 0) is 47.5 Å². The van der Waals surface area contributed by atoms with Crippen molar-refractivity contribution in [2.24, 2.45) is 0 Å². The molecular formula is C20H16ClFN2O3. The molecule has 0 unspecified atom stereocenters. The molecule has 0 spiro atoms. The van der Waals surface area contributed by atoms with Gasteiger partial charge in [-0.15, -0.1) is 0 Å². The van der Waals surface area contributed by atoms with Gasteiger partial charge in [0.05, 0.1) is 9.95 Å². The Morgan fingerprint density at radius 3 is 2.30 bits per heavy atom. The molecule has 5 nitrogen and oxygen atoms in total. The number of hydrogen-bond acceptors (Lipinski definition) is 4. The highest BCUT2D eigenvalue weighted by Crippen LogP contribution is 2.27. The molecule has 0 aromatic heterocycles. The lowest BCUT2D eigenvalue weighted by atomic mass is 10.2. The van der Waals surface area contributed by atoms with Gasteiger partial charge in [-0.3, -0.25) is 10.1 Å². The van der Waals surface area contributed by atoms with E-state index < -0.39 is 4.92 Å². The Bertz CT molecular complexity index is 931. The summed E-state index contributed by atoms with van der Waals surface area (Å²) in [5, 5.41) is 14.3. The van der Waals surface area contributed by atoms with E-state index in [4.69, 9.17) is 16.3 Å². The minimum Gasteiger partial charge on any atom is -0.487 e. The van der Waals surface area contributed by atoms with Gasteiger partial charge in [0.15, 0.2) is 0 Å². The Morgan fingerprint density at radius 2 is 1.67 bits per heavy atom. The molecule has 3 aromatic rings. The van der Waals surface area contributed by atoms with Crippen LogP contribution in [0.3, 0.4) is 0 Å². The number of hydrogen-bond donors (Lipinski definition) is 1. The first kappa shape index (κ1) is 18.7. The number of ether oxygens (including phenoxy) is 1. The van der Waals surface area contributed by atoms with E-state index in [0.717, 1.165) is 16.8 Å². The van der Waals surface area contributed by atoms with Gasteiger partial charge in [0.1, 0.15) is 18.2 Å². The van der Waals surface area contributed by atoms with E-state index in [0.29, 0.717) is 23.9 Å². The molecule has 27 heavy (non-hydrogen) atoms. The number of anilines is 1. The average Bonchev–Trinajstić information content (AvgIpc) is 2.67. The Labute approximate surface area is 160 Å². The standard InChI is InChI=1S/C20H16ClFN2O3/c21-19-11-15(12-23-17-6-8-18(9-7-17)24(25)26)3-10-20(19)27-13-14-1-4-16(22)5-2-14/h1-11,23H,12-13H2. The van der Waals surface area contributed by atoms with Crippen LogP contribution in [0, 0.1) is 15.9 Å². The van der Waals surface area contributed by atoms with Gasteiger partial charge in [-0.2, -0.15) is 0 Å². The van der Waals surface area contributed by atoms with E-state index in [2.05, 4.69) is 5.32 Å². The van der Waals surface area contributed by atoms with Crippen LogP contribution in [0.2, 0.25) is 5.02 Å². The lowest BCUT2D eigenvalue weighted by Gasteiger charge is -2.11. The number of rotatable bonds is 7. The lowest BCUT2D eigenvalue weighted by molar-refractivity contribution is -0.384. The van der Waals surface area contributed by atoms with Crippen LogP contribution in [0.1, 0.15) is 11.1 Å². The predicted octanol–water partition coefficient (Wildman–Crippen LogP) is 5.58. The summed E-state index contributed by atoms with van der Waals surface area (Å²) in [6.45, 7) is 0.802. The highest BCUT2D eigenvalue weighted by molar-refractivity contribution is 6.32. The summed E-state index contributed by atoms with van der Waals surface area (Å²) in [4.78, 5) is 10.2. The van der Waals surface area contributed by atoms with Crippen molar-refractivity contribution in [3.63, 3.8) is 0 Å². The van der Waals surface area contributed by atoms with Crippen molar-refractivity contribution in [3.05, 3.63) is 98.8 Å². The van der Waals surface area contributed by atoms with E-state index in [1.807, 2.05) is 6.07 Å². The van der Waals surface area contributed by atoms with Crippen LogP contribution in [-0.2, 0) is 13.2 Å². The highest BCUT2D eigenvalue weighted by Gasteiger charge is 2.06. The number of halogens is 2. The Kier molecular flexibility index (Phi) is 5.88. The number of non-ortho nitro benzene ring substituents is 1. The first-order chi connectivity index (χ1) is 13.0. The number of benzene rings is 3. The zero-order valence-corrected chi connectivity index (χ0v) is 14.9. The molecule has 0 saturated heterocycles. The van der Waals surface area contributed by atoms with Gasteiger partial charge < -0.3 is 10.1 Å². The monoisotopic (exact) mass is 386 g/mol. The first-order valence-electron chi connectivity index (χ1n) is 8.15. The average molecular weight is 387 g/mol. The summed E-state index contributed by atoms with van der Waals surface area (Å²) in [5.41, 5.74) is 2.60. The molecule has 3 rings (SSSR count). The van der Waals surface area contributed by atoms with Crippen LogP contribution in [0.5, 0.6) is 5.75 Å². The van der Waals surface area contributed by atoms with Crippen LogP contribution in [0.4, 0.5) is 15.8 Å². The van der Waals surface area contributed by atoms with E-state index in [-0.39, 0.29) is 11.5 Å². The SMILES string of the molecule is O=[N+]([O-])c1ccc(NCc2ccc(OCc3ccc(F)cc3)c(Cl)c2)cc1. The van der Waals surface area contributed by atoms with Crippen molar-refractivity contribution in [2.45, 2.75) is 13.2 Å². The van der Waals surface area contributed by atoms with Crippen molar-refractivity contribution in [1.82, 2.24) is 0 Å². The molecule has 0 saturated carbocycles. The molecule has 1 N–H and O–H groups in total. The molecule has 0 aliphatic heterocycles. The molecule has 138 valence electrons. The molecule has 3 aromatic carbocycles. The van der Waals surface area contributed by atoms with Crippen LogP contribution >= 0.6 is 11.6 Å². The van der Waals surface area contributed by atoms with Crippen LogP contribution in [0.25, 0.3) is 0 Å². The van der Waals surface area contributed by atoms with Gasteiger partial charge in [-0.25, -0.2) is 4.39 Å². The van der Waals surface area contributed by atoms with Gasteiger partial charge in [0.2, 0.25) is 0 Å². The minimum absolute atomic E-state index is 0.0475. The van der Waals surface area contributed by atoms with Crippen molar-refractivity contribution in [2.75, 3.05) is 5.32 Å². The molecule has 0 bridgehead atoms. The molecule has 0 aliphatic carbocycles. The summed E-state index contributed by atoms with van der Waals surface area (Å²) in [6.07, 6.45) is 0. The second-order valence-electron chi connectivity index (χ2n) is 5.84. The van der Waals surface area contributed by atoms with E-state index in [9.17, 15) is 14.5 Å². The molecule has 0 radical (unpaired) electrons. The van der Waals surface area contributed by atoms with Gasteiger partial charge in [0, 0.05) is 24.4 Å². The zero-order chi connectivity index (χ0) is 19.2. The maximum atomic E-state index is 12.9. The molecule has 0 fully saturated rings. The topological polar surface area (TPSA) is 64.4 Å².